The molecule has 0 atom stereocenters. The molecule has 1 rings (SSSR count). The third-order valence-corrected chi connectivity index (χ3v) is 2.16. The Morgan fingerprint density at radius 1 is 1.41 bits per heavy atom. The lowest BCUT2D eigenvalue weighted by molar-refractivity contribution is -0.178. The molecular formula is C12H17N3O2. The van der Waals surface area contributed by atoms with Crippen LogP contribution in [-0.2, 0) is 11.3 Å². The molecule has 0 saturated carbocycles. The van der Waals surface area contributed by atoms with Gasteiger partial charge in [-0.2, -0.15) is 9.99 Å². The molecule has 2 N–H and O–H groups in total. The number of nitrogens with zero attached hydrogens (tertiary/aromatic N) is 2. The van der Waals surface area contributed by atoms with Crippen LogP contribution in [0.4, 0.5) is 0 Å². The van der Waals surface area contributed by atoms with Gasteiger partial charge in [0.1, 0.15) is 6.34 Å². The van der Waals surface area contributed by atoms with Crippen LogP contribution in [0.5, 0.6) is 5.75 Å². The van der Waals surface area contributed by atoms with Gasteiger partial charge in [-0.15, -0.1) is 0 Å². The van der Waals surface area contributed by atoms with E-state index in [0.717, 1.165) is 13.0 Å². The minimum absolute atomic E-state index is 0.678. The van der Waals surface area contributed by atoms with E-state index in [1.807, 2.05) is 24.3 Å². The van der Waals surface area contributed by atoms with E-state index in [1.165, 1.54) is 19.0 Å². The number of hydrazone groups is 1. The topological polar surface area (TPSA) is 60.1 Å². The fourth-order valence-corrected chi connectivity index (χ4v) is 1.33. The summed E-state index contributed by atoms with van der Waals surface area (Å²) < 4.78 is 0. The molecule has 0 fully saturated rings. The Kier molecular flexibility index (Phi) is 5.60. The van der Waals surface area contributed by atoms with Crippen molar-refractivity contribution in [3.8, 4) is 5.75 Å². The summed E-state index contributed by atoms with van der Waals surface area (Å²) in [7, 11) is 1.47. The van der Waals surface area contributed by atoms with Gasteiger partial charge in [-0.1, -0.05) is 18.7 Å². The molecule has 92 valence electrons. The summed E-state index contributed by atoms with van der Waals surface area (Å²) in [5, 5.41) is 5.61. The van der Waals surface area contributed by atoms with Gasteiger partial charge in [0.25, 0.3) is 0 Å². The molecule has 0 aliphatic heterocycles. The molecule has 0 aliphatic rings. The van der Waals surface area contributed by atoms with Gasteiger partial charge in [0.2, 0.25) is 0 Å². The number of rotatable bonds is 7. The van der Waals surface area contributed by atoms with Crippen molar-refractivity contribution in [2.45, 2.75) is 6.42 Å². The average Bonchev–Trinajstić information content (AvgIpc) is 2.36. The van der Waals surface area contributed by atoms with Crippen molar-refractivity contribution in [2.75, 3.05) is 13.7 Å². The molecule has 0 heterocycles. The van der Waals surface area contributed by atoms with Crippen molar-refractivity contribution in [3.05, 3.63) is 42.6 Å². The fourth-order valence-electron chi connectivity index (χ4n) is 1.33. The molecule has 5 nitrogen and oxygen atoms in total. The Hall–Kier alpha value is -2.01. The standard InChI is InChI=1S/C12H17N3O2/c1-3-15(14-10-13)9-8-11-4-6-12(7-5-11)17-16-2/h3-7,10H,1,8-9H2,2H3,(H2,13,14). The largest absolute Gasteiger partial charge is 0.388 e. The third kappa shape index (κ3) is 4.56. The highest BCUT2D eigenvalue weighted by Crippen LogP contribution is 2.12. The van der Waals surface area contributed by atoms with E-state index >= 15 is 0 Å². The number of benzene rings is 1. The van der Waals surface area contributed by atoms with Crippen molar-refractivity contribution in [2.24, 2.45) is 10.8 Å². The van der Waals surface area contributed by atoms with Crippen LogP contribution in [0.2, 0.25) is 0 Å². The summed E-state index contributed by atoms with van der Waals surface area (Å²) in [6.07, 6.45) is 3.72. The van der Waals surface area contributed by atoms with Crippen LogP contribution < -0.4 is 10.6 Å². The molecule has 17 heavy (non-hydrogen) atoms. The van der Waals surface area contributed by atoms with E-state index in [4.69, 9.17) is 10.6 Å². The zero-order valence-corrected chi connectivity index (χ0v) is 9.87. The predicted molar refractivity (Wildman–Crippen MR) is 67.4 cm³/mol. The van der Waals surface area contributed by atoms with E-state index in [1.54, 1.807) is 11.2 Å². The van der Waals surface area contributed by atoms with E-state index in [-0.39, 0.29) is 0 Å². The summed E-state index contributed by atoms with van der Waals surface area (Å²) >= 11 is 0. The molecule has 0 aliphatic carbocycles. The first-order chi connectivity index (χ1) is 8.30. The van der Waals surface area contributed by atoms with Gasteiger partial charge in [0, 0.05) is 12.7 Å². The van der Waals surface area contributed by atoms with Crippen molar-refractivity contribution in [3.63, 3.8) is 0 Å². The Labute approximate surface area is 101 Å². The average molecular weight is 235 g/mol. The Bertz CT molecular complexity index is 363. The zero-order valence-electron chi connectivity index (χ0n) is 9.87. The molecule has 0 bridgehead atoms. The Morgan fingerprint density at radius 3 is 2.65 bits per heavy atom. The Balaban J connectivity index is 2.48. The van der Waals surface area contributed by atoms with E-state index in [2.05, 4.69) is 16.6 Å². The highest BCUT2D eigenvalue weighted by molar-refractivity contribution is 5.50. The van der Waals surface area contributed by atoms with Gasteiger partial charge in [-0.25, -0.2) is 0 Å². The zero-order chi connectivity index (χ0) is 12.5. The van der Waals surface area contributed by atoms with Crippen LogP contribution in [-0.4, -0.2) is 25.0 Å². The third-order valence-electron chi connectivity index (χ3n) is 2.16. The summed E-state index contributed by atoms with van der Waals surface area (Å²) in [5.41, 5.74) is 6.39. The maximum absolute atomic E-state index is 5.22. The molecule has 0 radical (unpaired) electrons. The summed E-state index contributed by atoms with van der Waals surface area (Å²) in [6.45, 7) is 4.37. The Morgan fingerprint density at radius 2 is 2.12 bits per heavy atom. The second kappa shape index (κ2) is 7.29. The van der Waals surface area contributed by atoms with E-state index in [0.29, 0.717) is 5.75 Å². The summed E-state index contributed by atoms with van der Waals surface area (Å²) in [5.74, 6) is 0.678. The second-order valence-electron chi connectivity index (χ2n) is 3.25. The predicted octanol–water partition coefficient (Wildman–Crippen LogP) is 1.52. The second-order valence-corrected chi connectivity index (χ2v) is 3.25. The molecule has 0 saturated heterocycles. The van der Waals surface area contributed by atoms with Crippen molar-refractivity contribution in [1.82, 2.24) is 5.01 Å². The van der Waals surface area contributed by atoms with Crippen LogP contribution in [0.15, 0.2) is 42.1 Å². The van der Waals surface area contributed by atoms with E-state index < -0.39 is 0 Å². The lowest BCUT2D eigenvalue weighted by atomic mass is 10.1. The van der Waals surface area contributed by atoms with Gasteiger partial charge >= 0.3 is 0 Å². The van der Waals surface area contributed by atoms with E-state index in [9.17, 15) is 0 Å². The van der Waals surface area contributed by atoms with Crippen molar-refractivity contribution >= 4 is 6.34 Å². The number of nitrogens with two attached hydrogens (primary N) is 1. The first kappa shape index (κ1) is 13.1. The molecular weight excluding hydrogens is 218 g/mol. The molecule has 5 heteroatoms. The number of hydrogen-bond acceptors (Lipinski definition) is 4. The van der Waals surface area contributed by atoms with Crippen molar-refractivity contribution in [1.29, 1.82) is 0 Å². The van der Waals surface area contributed by atoms with Gasteiger partial charge < -0.3 is 10.6 Å². The van der Waals surface area contributed by atoms with Crippen molar-refractivity contribution < 1.29 is 9.78 Å². The maximum Gasteiger partial charge on any atom is 0.165 e. The highest BCUT2D eigenvalue weighted by atomic mass is 17.2. The molecule has 0 amide bonds. The summed E-state index contributed by atoms with van der Waals surface area (Å²) in [4.78, 5) is 9.44. The van der Waals surface area contributed by atoms with Gasteiger partial charge in [-0.3, -0.25) is 5.01 Å². The fraction of sp³-hybridized carbons (Fsp3) is 0.250. The molecule has 1 aromatic carbocycles. The normalized spacial score (nSPS) is 10.4. The summed E-state index contributed by atoms with van der Waals surface area (Å²) in [6, 6.07) is 7.65. The maximum atomic E-state index is 5.22. The minimum Gasteiger partial charge on any atom is -0.388 e. The van der Waals surface area contributed by atoms with Crippen LogP contribution in [0, 0.1) is 0 Å². The van der Waals surface area contributed by atoms with Gasteiger partial charge in [0.15, 0.2) is 5.75 Å². The first-order valence-corrected chi connectivity index (χ1v) is 5.23. The monoisotopic (exact) mass is 235 g/mol. The molecule has 1 aromatic rings. The lowest BCUT2D eigenvalue weighted by Gasteiger charge is -2.12. The number of hydrogen-bond donors (Lipinski definition) is 1. The van der Waals surface area contributed by atoms with Crippen LogP contribution in [0.1, 0.15) is 5.56 Å². The molecule has 0 aromatic heterocycles. The smallest absolute Gasteiger partial charge is 0.165 e. The SMILES string of the molecule is C=CN(CCc1ccc(OOC)cc1)/N=C\N. The quantitative estimate of drug-likeness (QED) is 0.337. The lowest BCUT2D eigenvalue weighted by Crippen LogP contribution is -2.14. The van der Waals surface area contributed by atoms with Gasteiger partial charge in [-0.05, 0) is 24.1 Å². The first-order valence-electron chi connectivity index (χ1n) is 5.23. The van der Waals surface area contributed by atoms with Crippen LogP contribution in [0.25, 0.3) is 0 Å². The van der Waals surface area contributed by atoms with Gasteiger partial charge in [0.05, 0.1) is 7.11 Å². The van der Waals surface area contributed by atoms with Crippen LogP contribution in [0.3, 0.4) is 0 Å². The van der Waals surface area contributed by atoms with Crippen LogP contribution >= 0.6 is 0 Å². The highest BCUT2D eigenvalue weighted by Gasteiger charge is 1.99. The minimum atomic E-state index is 0.678. The molecule has 0 spiro atoms. The molecule has 0 unspecified atom stereocenters.